The summed E-state index contributed by atoms with van der Waals surface area (Å²) < 4.78 is 26.8. The summed E-state index contributed by atoms with van der Waals surface area (Å²) in [5, 5.41) is 2.86. The number of likely N-dealkylation sites (tertiary alicyclic amines) is 1. The fraction of sp³-hybridized carbons (Fsp3) is 1.00. The zero-order valence-electron chi connectivity index (χ0n) is 11.2. The second-order valence-electron chi connectivity index (χ2n) is 5.62. The predicted octanol–water partition coefficient (Wildman–Crippen LogP) is -0.000400. The Morgan fingerprint density at radius 1 is 1.39 bits per heavy atom. The van der Waals surface area contributed by atoms with E-state index in [1.807, 2.05) is 0 Å². The van der Waals surface area contributed by atoms with Crippen LogP contribution in [-0.2, 0) is 10.0 Å². The Morgan fingerprint density at radius 2 is 2.11 bits per heavy atom. The van der Waals surface area contributed by atoms with Gasteiger partial charge in [-0.05, 0) is 44.8 Å². The Balaban J connectivity index is 1.72. The van der Waals surface area contributed by atoms with E-state index in [-0.39, 0.29) is 5.25 Å². The average Bonchev–Trinajstić information content (AvgIpc) is 2.99. The Kier molecular flexibility index (Phi) is 5.00. The smallest absolute Gasteiger partial charge is 0.215 e. The van der Waals surface area contributed by atoms with Crippen molar-refractivity contribution in [2.24, 2.45) is 5.92 Å². The van der Waals surface area contributed by atoms with Crippen molar-refractivity contribution in [2.75, 3.05) is 39.3 Å². The van der Waals surface area contributed by atoms with Crippen LogP contribution in [0, 0.1) is 5.92 Å². The second-order valence-corrected chi connectivity index (χ2v) is 7.67. The van der Waals surface area contributed by atoms with Crippen molar-refractivity contribution in [1.82, 2.24) is 14.9 Å². The molecule has 2 atom stereocenters. The van der Waals surface area contributed by atoms with Gasteiger partial charge in [-0.2, -0.15) is 0 Å². The van der Waals surface area contributed by atoms with E-state index < -0.39 is 10.0 Å². The topological polar surface area (TPSA) is 61.4 Å². The van der Waals surface area contributed by atoms with Gasteiger partial charge in [0.1, 0.15) is 0 Å². The fourth-order valence-corrected chi connectivity index (χ4v) is 4.26. The molecule has 2 aliphatic heterocycles. The van der Waals surface area contributed by atoms with E-state index in [0.29, 0.717) is 19.0 Å². The summed E-state index contributed by atoms with van der Waals surface area (Å²) in [4.78, 5) is 2.43. The highest BCUT2D eigenvalue weighted by molar-refractivity contribution is 7.90. The van der Waals surface area contributed by atoms with Gasteiger partial charge in [0.2, 0.25) is 10.0 Å². The van der Waals surface area contributed by atoms with Gasteiger partial charge in [0, 0.05) is 19.6 Å². The highest BCUT2D eigenvalue weighted by Crippen LogP contribution is 2.11. The molecular formula is C12H25N3O2S. The normalized spacial score (nSPS) is 27.7. The fourth-order valence-electron chi connectivity index (χ4n) is 2.74. The van der Waals surface area contributed by atoms with E-state index in [9.17, 15) is 8.42 Å². The molecule has 0 aromatic rings. The first kappa shape index (κ1) is 14.2. The number of sulfonamides is 1. The van der Waals surface area contributed by atoms with Gasteiger partial charge in [0.05, 0.1) is 5.25 Å². The van der Waals surface area contributed by atoms with Crippen LogP contribution in [0.1, 0.15) is 26.2 Å². The van der Waals surface area contributed by atoms with Crippen LogP contribution >= 0.6 is 0 Å². The number of hydrogen-bond donors (Lipinski definition) is 2. The highest BCUT2D eigenvalue weighted by Gasteiger charge is 2.28. The Labute approximate surface area is 110 Å². The van der Waals surface area contributed by atoms with E-state index >= 15 is 0 Å². The number of nitrogens with zero attached hydrogens (tertiary/aromatic N) is 1. The van der Waals surface area contributed by atoms with Gasteiger partial charge in [0.15, 0.2) is 0 Å². The third-order valence-electron chi connectivity index (χ3n) is 3.86. The largest absolute Gasteiger partial charge is 0.315 e. The average molecular weight is 275 g/mol. The lowest BCUT2D eigenvalue weighted by Crippen LogP contribution is -2.40. The molecule has 0 aromatic heterocycles. The van der Waals surface area contributed by atoms with Crippen LogP contribution in [0.25, 0.3) is 0 Å². The molecule has 6 heteroatoms. The van der Waals surface area contributed by atoms with Gasteiger partial charge in [-0.25, -0.2) is 13.1 Å². The first-order chi connectivity index (χ1) is 8.58. The molecule has 0 saturated carbocycles. The van der Waals surface area contributed by atoms with Crippen molar-refractivity contribution in [3.63, 3.8) is 0 Å². The maximum Gasteiger partial charge on any atom is 0.215 e. The zero-order valence-corrected chi connectivity index (χ0v) is 12.0. The third kappa shape index (κ3) is 3.91. The molecule has 2 heterocycles. The lowest BCUT2D eigenvalue weighted by atomic mass is 10.2. The molecule has 0 aromatic carbocycles. The predicted molar refractivity (Wildman–Crippen MR) is 73.0 cm³/mol. The van der Waals surface area contributed by atoms with E-state index in [1.165, 1.54) is 25.9 Å². The minimum absolute atomic E-state index is 0.239. The van der Waals surface area contributed by atoms with Crippen LogP contribution < -0.4 is 10.0 Å². The molecule has 2 aliphatic rings. The Morgan fingerprint density at radius 3 is 2.72 bits per heavy atom. The summed E-state index contributed by atoms with van der Waals surface area (Å²) in [6, 6.07) is 0. The second kappa shape index (κ2) is 6.32. The van der Waals surface area contributed by atoms with Crippen molar-refractivity contribution in [1.29, 1.82) is 0 Å². The standard InChI is InChI=1S/C12H25N3O2S/c1-11(10-15-6-2-3-7-15)8-14-18(16,17)12-4-5-13-9-12/h11-14H,2-10H2,1H3. The lowest BCUT2D eigenvalue weighted by molar-refractivity contribution is 0.288. The summed E-state index contributed by atoms with van der Waals surface area (Å²) in [5.74, 6) is 0.382. The van der Waals surface area contributed by atoms with Crippen LogP contribution in [0.2, 0.25) is 0 Å². The molecule has 2 unspecified atom stereocenters. The van der Waals surface area contributed by atoms with Crippen molar-refractivity contribution in [2.45, 2.75) is 31.4 Å². The summed E-state index contributed by atoms with van der Waals surface area (Å²) in [7, 11) is -3.12. The highest BCUT2D eigenvalue weighted by atomic mass is 32.2. The first-order valence-electron chi connectivity index (χ1n) is 6.99. The van der Waals surface area contributed by atoms with Gasteiger partial charge in [-0.1, -0.05) is 6.92 Å². The van der Waals surface area contributed by atoms with Crippen molar-refractivity contribution in [3.05, 3.63) is 0 Å². The van der Waals surface area contributed by atoms with Crippen molar-refractivity contribution >= 4 is 10.0 Å². The zero-order chi connectivity index (χ0) is 13.0. The van der Waals surface area contributed by atoms with E-state index in [0.717, 1.165) is 19.5 Å². The molecule has 2 rings (SSSR count). The van der Waals surface area contributed by atoms with Crippen LogP contribution in [0.5, 0.6) is 0 Å². The van der Waals surface area contributed by atoms with Crippen LogP contribution in [0.15, 0.2) is 0 Å². The Hall–Kier alpha value is -0.170. The molecule has 0 spiro atoms. The number of rotatable bonds is 6. The first-order valence-corrected chi connectivity index (χ1v) is 8.54. The monoisotopic (exact) mass is 275 g/mol. The molecule has 0 bridgehead atoms. The van der Waals surface area contributed by atoms with Gasteiger partial charge >= 0.3 is 0 Å². The molecule has 2 saturated heterocycles. The Bertz CT molecular complexity index is 346. The van der Waals surface area contributed by atoms with Crippen LogP contribution in [0.4, 0.5) is 0 Å². The lowest BCUT2D eigenvalue weighted by Gasteiger charge is -2.21. The quantitative estimate of drug-likeness (QED) is 0.716. The maximum atomic E-state index is 12.0. The molecule has 0 aliphatic carbocycles. The van der Waals surface area contributed by atoms with Crippen LogP contribution in [-0.4, -0.2) is 57.8 Å². The molecule has 18 heavy (non-hydrogen) atoms. The minimum Gasteiger partial charge on any atom is -0.315 e. The summed E-state index contributed by atoms with van der Waals surface area (Å²) >= 11 is 0. The maximum absolute atomic E-state index is 12.0. The summed E-state index contributed by atoms with van der Waals surface area (Å²) in [6.45, 7) is 7.44. The van der Waals surface area contributed by atoms with Gasteiger partial charge < -0.3 is 10.2 Å². The number of nitrogens with one attached hydrogen (secondary N) is 2. The number of hydrogen-bond acceptors (Lipinski definition) is 4. The summed E-state index contributed by atoms with van der Waals surface area (Å²) in [5.41, 5.74) is 0. The molecule has 106 valence electrons. The molecule has 5 nitrogen and oxygen atoms in total. The summed E-state index contributed by atoms with van der Waals surface area (Å²) in [6.07, 6.45) is 3.30. The molecule has 2 N–H and O–H groups in total. The molecule has 2 fully saturated rings. The SMILES string of the molecule is CC(CNS(=O)(=O)C1CCNC1)CN1CCCC1. The van der Waals surface area contributed by atoms with E-state index in [4.69, 9.17) is 0 Å². The van der Waals surface area contributed by atoms with Gasteiger partial charge in [-0.15, -0.1) is 0 Å². The minimum atomic E-state index is -3.12. The van der Waals surface area contributed by atoms with Crippen molar-refractivity contribution < 1.29 is 8.42 Å². The van der Waals surface area contributed by atoms with Gasteiger partial charge in [0.25, 0.3) is 0 Å². The van der Waals surface area contributed by atoms with E-state index in [1.54, 1.807) is 0 Å². The van der Waals surface area contributed by atoms with Crippen LogP contribution in [0.3, 0.4) is 0 Å². The molecule has 0 amide bonds. The molecular weight excluding hydrogens is 250 g/mol. The van der Waals surface area contributed by atoms with Gasteiger partial charge in [-0.3, -0.25) is 0 Å². The third-order valence-corrected chi connectivity index (χ3v) is 5.70. The molecule has 0 radical (unpaired) electrons. The van der Waals surface area contributed by atoms with E-state index in [2.05, 4.69) is 21.9 Å². The van der Waals surface area contributed by atoms with Crippen molar-refractivity contribution in [3.8, 4) is 0 Å².